The number of aliphatic imine (C=N–C) groups is 1. The van der Waals surface area contributed by atoms with Crippen molar-refractivity contribution in [2.45, 2.75) is 12.9 Å². The van der Waals surface area contributed by atoms with E-state index >= 15 is 0 Å². The number of halogens is 4. The Bertz CT molecular complexity index is 673. The number of nitrogens with zero attached hydrogens (tertiary/aromatic N) is 4. The maximum Gasteiger partial charge on any atom is 0.573 e. The lowest BCUT2D eigenvalue weighted by atomic mass is 10.3. The highest BCUT2D eigenvalue weighted by Crippen LogP contribution is 2.24. The number of hydrogen-bond donors (Lipinski definition) is 2. The molecule has 126 valence electrons. The highest BCUT2D eigenvalue weighted by molar-refractivity contribution is 14.0. The van der Waals surface area contributed by atoms with E-state index < -0.39 is 6.36 Å². The van der Waals surface area contributed by atoms with Gasteiger partial charge in [0, 0.05) is 18.8 Å². The first-order valence-electron chi connectivity index (χ1n) is 6.09. The number of nitrogens with two attached hydrogens (primary N) is 1. The van der Waals surface area contributed by atoms with Crippen molar-refractivity contribution in [3.05, 3.63) is 36.4 Å². The van der Waals surface area contributed by atoms with E-state index in [9.17, 15) is 13.2 Å². The summed E-state index contributed by atoms with van der Waals surface area (Å²) in [6.07, 6.45) is -3.23. The highest BCUT2D eigenvalue weighted by Gasteiger charge is 2.31. The molecule has 2 rings (SSSR count). The van der Waals surface area contributed by atoms with E-state index in [1.54, 1.807) is 7.05 Å². The first-order chi connectivity index (χ1) is 10.3. The first-order valence-corrected chi connectivity index (χ1v) is 6.09. The molecule has 0 aliphatic rings. The van der Waals surface area contributed by atoms with Crippen LogP contribution in [0.25, 0.3) is 0 Å². The molecule has 1 aromatic carbocycles. The lowest BCUT2D eigenvalue weighted by Gasteiger charge is -2.10. The highest BCUT2D eigenvalue weighted by atomic mass is 127. The van der Waals surface area contributed by atoms with Gasteiger partial charge in [-0.2, -0.15) is 5.10 Å². The summed E-state index contributed by atoms with van der Waals surface area (Å²) < 4.78 is 41.8. The fourth-order valence-electron chi connectivity index (χ4n) is 1.57. The molecule has 0 saturated carbocycles. The SMILES string of the molecule is Cn1cnc(CN=C(N)Nc2cccc(OC(F)(F)F)c2)n1.I. The number of aromatic nitrogens is 3. The third-order valence-electron chi connectivity index (χ3n) is 2.38. The molecule has 1 heterocycles. The van der Waals surface area contributed by atoms with Crippen molar-refractivity contribution >= 4 is 35.6 Å². The summed E-state index contributed by atoms with van der Waals surface area (Å²) in [5.41, 5.74) is 5.97. The van der Waals surface area contributed by atoms with Crippen molar-refractivity contribution < 1.29 is 17.9 Å². The van der Waals surface area contributed by atoms with Crippen molar-refractivity contribution in [2.24, 2.45) is 17.8 Å². The van der Waals surface area contributed by atoms with Gasteiger partial charge in [0.1, 0.15) is 18.6 Å². The number of guanidine groups is 1. The quantitative estimate of drug-likeness (QED) is 0.431. The molecule has 0 radical (unpaired) electrons. The number of ether oxygens (including phenoxy) is 1. The summed E-state index contributed by atoms with van der Waals surface area (Å²) in [7, 11) is 1.72. The van der Waals surface area contributed by atoms with Gasteiger partial charge in [-0.15, -0.1) is 37.1 Å². The van der Waals surface area contributed by atoms with Crippen molar-refractivity contribution in [2.75, 3.05) is 5.32 Å². The van der Waals surface area contributed by atoms with Gasteiger partial charge in [0.15, 0.2) is 11.8 Å². The van der Waals surface area contributed by atoms with E-state index in [1.807, 2.05) is 0 Å². The van der Waals surface area contributed by atoms with Crippen LogP contribution in [-0.4, -0.2) is 27.1 Å². The van der Waals surface area contributed by atoms with Gasteiger partial charge in [0.25, 0.3) is 0 Å². The molecule has 0 bridgehead atoms. The van der Waals surface area contributed by atoms with Crippen LogP contribution in [0.2, 0.25) is 0 Å². The van der Waals surface area contributed by atoms with Gasteiger partial charge in [0.2, 0.25) is 0 Å². The number of nitrogens with one attached hydrogen (secondary N) is 1. The van der Waals surface area contributed by atoms with E-state index in [0.29, 0.717) is 11.5 Å². The smallest absolute Gasteiger partial charge is 0.406 e. The van der Waals surface area contributed by atoms with Gasteiger partial charge in [-0.05, 0) is 12.1 Å². The van der Waals surface area contributed by atoms with Crippen LogP contribution in [0.1, 0.15) is 5.82 Å². The zero-order chi connectivity index (χ0) is 16.2. The predicted octanol–water partition coefficient (Wildman–Crippen LogP) is 2.26. The van der Waals surface area contributed by atoms with Crippen molar-refractivity contribution in [3.63, 3.8) is 0 Å². The van der Waals surface area contributed by atoms with E-state index in [-0.39, 0.29) is 42.2 Å². The molecular weight excluding hydrogens is 428 g/mol. The molecule has 7 nitrogen and oxygen atoms in total. The number of aryl methyl sites for hydroxylation is 1. The zero-order valence-electron chi connectivity index (χ0n) is 11.9. The van der Waals surface area contributed by atoms with Crippen molar-refractivity contribution in [3.8, 4) is 5.75 Å². The average Bonchev–Trinajstić information content (AvgIpc) is 2.81. The van der Waals surface area contributed by atoms with Crippen LogP contribution in [0.4, 0.5) is 18.9 Å². The Hall–Kier alpha value is -2.05. The van der Waals surface area contributed by atoms with Crippen LogP contribution in [0, 0.1) is 0 Å². The topological polar surface area (TPSA) is 90.4 Å². The molecule has 11 heteroatoms. The Kier molecular flexibility index (Phi) is 6.60. The molecule has 0 unspecified atom stereocenters. The number of benzene rings is 1. The van der Waals surface area contributed by atoms with Crippen LogP contribution in [0.3, 0.4) is 0 Å². The molecule has 0 saturated heterocycles. The average molecular weight is 442 g/mol. The molecule has 2 aromatic rings. The van der Waals surface area contributed by atoms with E-state index in [2.05, 4.69) is 25.1 Å². The Balaban J connectivity index is 0.00000264. The molecule has 0 aliphatic carbocycles. The predicted molar refractivity (Wildman–Crippen MR) is 88.5 cm³/mol. The van der Waals surface area contributed by atoms with Crippen molar-refractivity contribution in [1.82, 2.24) is 14.8 Å². The van der Waals surface area contributed by atoms with Crippen LogP contribution in [0.15, 0.2) is 35.6 Å². The largest absolute Gasteiger partial charge is 0.573 e. The van der Waals surface area contributed by atoms with Gasteiger partial charge in [-0.25, -0.2) is 9.98 Å². The Morgan fingerprint density at radius 1 is 1.43 bits per heavy atom. The van der Waals surface area contributed by atoms with Gasteiger partial charge in [0.05, 0.1) is 0 Å². The van der Waals surface area contributed by atoms with E-state index in [4.69, 9.17) is 5.73 Å². The van der Waals surface area contributed by atoms with E-state index in [0.717, 1.165) is 6.07 Å². The maximum atomic E-state index is 12.1. The van der Waals surface area contributed by atoms with Gasteiger partial charge in [-0.3, -0.25) is 4.68 Å². The molecule has 23 heavy (non-hydrogen) atoms. The Morgan fingerprint density at radius 3 is 2.78 bits per heavy atom. The molecule has 1 aromatic heterocycles. The van der Waals surface area contributed by atoms with Crippen LogP contribution < -0.4 is 15.8 Å². The number of hydrogen-bond acceptors (Lipinski definition) is 4. The summed E-state index contributed by atoms with van der Waals surface area (Å²) in [5, 5.41) is 6.68. The molecule has 0 amide bonds. The first kappa shape index (κ1) is 19.0. The van der Waals surface area contributed by atoms with Gasteiger partial charge >= 0.3 is 6.36 Å². The number of alkyl halides is 3. The minimum absolute atomic E-state index is 0. The summed E-state index contributed by atoms with van der Waals surface area (Å²) >= 11 is 0. The van der Waals surface area contributed by atoms with E-state index in [1.165, 1.54) is 29.2 Å². The molecule has 0 fully saturated rings. The number of rotatable bonds is 4. The summed E-state index contributed by atoms with van der Waals surface area (Å²) in [4.78, 5) is 7.95. The van der Waals surface area contributed by atoms with Gasteiger partial charge in [-0.1, -0.05) is 6.07 Å². The third-order valence-corrected chi connectivity index (χ3v) is 2.38. The van der Waals surface area contributed by atoms with Crippen LogP contribution >= 0.6 is 24.0 Å². The Labute approximate surface area is 146 Å². The fraction of sp³-hybridized carbons (Fsp3) is 0.250. The zero-order valence-corrected chi connectivity index (χ0v) is 14.2. The van der Waals surface area contributed by atoms with Crippen molar-refractivity contribution in [1.29, 1.82) is 0 Å². The standard InChI is InChI=1S/C12H13F3N6O.HI/c1-21-7-18-10(20-21)6-17-11(16)19-8-3-2-4-9(5-8)22-12(13,14)15;/h2-5,7H,6H2,1H3,(H3,16,17,19);1H. The summed E-state index contributed by atoms with van der Waals surface area (Å²) in [6.45, 7) is 0.151. The van der Waals surface area contributed by atoms with Crippen LogP contribution in [0.5, 0.6) is 5.75 Å². The minimum atomic E-state index is -4.75. The summed E-state index contributed by atoms with van der Waals surface area (Å²) in [5.74, 6) is 0.148. The monoisotopic (exact) mass is 442 g/mol. The second-order valence-electron chi connectivity index (χ2n) is 4.24. The lowest BCUT2D eigenvalue weighted by Crippen LogP contribution is -2.23. The second-order valence-corrected chi connectivity index (χ2v) is 4.24. The second kappa shape index (κ2) is 7.99. The maximum absolute atomic E-state index is 12.1. The third kappa shape index (κ3) is 6.71. The molecule has 0 spiro atoms. The normalized spacial score (nSPS) is 11.7. The number of anilines is 1. The molecule has 0 atom stereocenters. The molecule has 0 aliphatic heterocycles. The summed E-state index contributed by atoms with van der Waals surface area (Å²) in [6, 6.07) is 5.28. The van der Waals surface area contributed by atoms with Crippen LogP contribution in [-0.2, 0) is 13.6 Å². The molecule has 3 N–H and O–H groups in total. The van der Waals surface area contributed by atoms with Gasteiger partial charge < -0.3 is 15.8 Å². The molecular formula is C12H14F3IN6O. The fourth-order valence-corrected chi connectivity index (χ4v) is 1.57. The Morgan fingerprint density at radius 2 is 2.17 bits per heavy atom. The lowest BCUT2D eigenvalue weighted by molar-refractivity contribution is -0.274. The minimum Gasteiger partial charge on any atom is -0.406 e.